The fourth-order valence-corrected chi connectivity index (χ4v) is 2.59. The summed E-state index contributed by atoms with van der Waals surface area (Å²) in [7, 11) is 1.60. The Morgan fingerprint density at radius 2 is 1.38 bits per heavy atom. The first-order valence-electron chi connectivity index (χ1n) is 9.15. The molecule has 3 aromatic rings. The van der Waals surface area contributed by atoms with E-state index < -0.39 is 0 Å². The highest BCUT2D eigenvalue weighted by atomic mass is 16.5. The third kappa shape index (κ3) is 6.39. The van der Waals surface area contributed by atoms with Crippen LogP contribution in [0.2, 0.25) is 0 Å². The van der Waals surface area contributed by atoms with Crippen molar-refractivity contribution >= 4 is 17.5 Å². The predicted octanol–water partition coefficient (Wildman–Crippen LogP) is 4.13. The number of carbonyl (C=O) groups is 2. The van der Waals surface area contributed by atoms with Crippen LogP contribution >= 0.6 is 0 Å². The number of methoxy groups -OCH3 is 1. The van der Waals surface area contributed by atoms with Gasteiger partial charge in [0.2, 0.25) is 11.8 Å². The minimum atomic E-state index is -0.381. The molecular weight excluding hydrogens is 368 g/mol. The van der Waals surface area contributed by atoms with Crippen LogP contribution in [0.5, 0.6) is 17.2 Å². The molecular formula is C23H22N2O4. The molecule has 0 saturated heterocycles. The zero-order chi connectivity index (χ0) is 20.5. The lowest BCUT2D eigenvalue weighted by molar-refractivity contribution is -0.126. The van der Waals surface area contributed by atoms with Crippen molar-refractivity contribution in [1.29, 1.82) is 0 Å². The van der Waals surface area contributed by atoms with E-state index in [0.29, 0.717) is 18.0 Å². The second-order valence-electron chi connectivity index (χ2n) is 6.29. The van der Waals surface area contributed by atoms with Crippen molar-refractivity contribution in [3.63, 3.8) is 0 Å². The van der Waals surface area contributed by atoms with Crippen LogP contribution in [0.15, 0.2) is 78.9 Å². The fourth-order valence-electron chi connectivity index (χ4n) is 2.59. The molecule has 29 heavy (non-hydrogen) atoms. The minimum absolute atomic E-state index is 0.252. The summed E-state index contributed by atoms with van der Waals surface area (Å²) in [4.78, 5) is 24.1. The predicted molar refractivity (Wildman–Crippen MR) is 111 cm³/mol. The molecule has 6 nitrogen and oxygen atoms in total. The Morgan fingerprint density at radius 3 is 2.03 bits per heavy atom. The number of hydrogen-bond donors (Lipinski definition) is 2. The van der Waals surface area contributed by atoms with Crippen molar-refractivity contribution in [3.8, 4) is 17.2 Å². The van der Waals surface area contributed by atoms with Gasteiger partial charge >= 0.3 is 0 Å². The average Bonchev–Trinajstić information content (AvgIpc) is 2.75. The monoisotopic (exact) mass is 390 g/mol. The van der Waals surface area contributed by atoms with Crippen LogP contribution in [0.1, 0.15) is 12.0 Å². The van der Waals surface area contributed by atoms with Gasteiger partial charge in [0, 0.05) is 12.2 Å². The van der Waals surface area contributed by atoms with Gasteiger partial charge in [-0.15, -0.1) is 0 Å². The zero-order valence-corrected chi connectivity index (χ0v) is 16.1. The van der Waals surface area contributed by atoms with E-state index in [9.17, 15) is 9.59 Å². The van der Waals surface area contributed by atoms with E-state index in [2.05, 4.69) is 10.6 Å². The first kappa shape index (κ1) is 19.9. The summed E-state index contributed by atoms with van der Waals surface area (Å²) < 4.78 is 10.8. The number of anilines is 1. The van der Waals surface area contributed by atoms with Gasteiger partial charge in [0.1, 0.15) is 23.7 Å². The zero-order valence-electron chi connectivity index (χ0n) is 16.1. The Morgan fingerprint density at radius 1 is 0.759 bits per heavy atom. The Labute approximate surface area is 169 Å². The molecule has 0 bridgehead atoms. The van der Waals surface area contributed by atoms with E-state index in [-0.39, 0.29) is 18.2 Å². The number of carbonyl (C=O) groups excluding carboxylic acids is 2. The number of nitrogens with one attached hydrogen (secondary N) is 2. The molecule has 0 aliphatic heterocycles. The third-order valence-electron chi connectivity index (χ3n) is 4.09. The molecule has 0 aliphatic rings. The molecule has 0 atom stereocenters. The van der Waals surface area contributed by atoms with Crippen molar-refractivity contribution in [2.45, 2.75) is 13.0 Å². The summed E-state index contributed by atoms with van der Waals surface area (Å²) in [5, 5.41) is 5.43. The molecule has 0 spiro atoms. The number of benzene rings is 3. The maximum Gasteiger partial charge on any atom is 0.233 e. The van der Waals surface area contributed by atoms with E-state index in [4.69, 9.17) is 9.47 Å². The highest BCUT2D eigenvalue weighted by Gasteiger charge is 2.10. The summed E-state index contributed by atoms with van der Waals surface area (Å²) in [5.41, 5.74) is 1.52. The summed E-state index contributed by atoms with van der Waals surface area (Å²) in [6, 6.07) is 23.7. The molecule has 0 unspecified atom stereocenters. The van der Waals surface area contributed by atoms with Gasteiger partial charge in [-0.25, -0.2) is 0 Å². The van der Waals surface area contributed by atoms with Gasteiger partial charge in [-0.2, -0.15) is 0 Å². The Kier molecular flexibility index (Phi) is 6.84. The highest BCUT2D eigenvalue weighted by molar-refractivity contribution is 6.03. The quantitative estimate of drug-likeness (QED) is 0.567. The van der Waals surface area contributed by atoms with E-state index >= 15 is 0 Å². The molecule has 148 valence electrons. The fraction of sp³-hybridized carbons (Fsp3) is 0.130. The number of para-hydroxylation sites is 1. The lowest BCUT2D eigenvalue weighted by atomic mass is 10.2. The van der Waals surface area contributed by atoms with Crippen LogP contribution in [0.3, 0.4) is 0 Å². The second-order valence-corrected chi connectivity index (χ2v) is 6.29. The van der Waals surface area contributed by atoms with E-state index in [0.717, 1.165) is 17.1 Å². The molecule has 2 N–H and O–H groups in total. The van der Waals surface area contributed by atoms with Gasteiger partial charge in [-0.1, -0.05) is 30.3 Å². The molecule has 0 aliphatic carbocycles. The van der Waals surface area contributed by atoms with E-state index in [1.807, 2.05) is 54.6 Å². The first-order chi connectivity index (χ1) is 14.1. The van der Waals surface area contributed by atoms with Crippen LogP contribution in [0, 0.1) is 0 Å². The van der Waals surface area contributed by atoms with Gasteiger partial charge in [-0.3, -0.25) is 9.59 Å². The van der Waals surface area contributed by atoms with Gasteiger partial charge < -0.3 is 20.1 Å². The van der Waals surface area contributed by atoms with Crippen molar-refractivity contribution in [3.05, 3.63) is 84.4 Å². The van der Waals surface area contributed by atoms with Crippen molar-refractivity contribution in [2.24, 2.45) is 0 Å². The lowest BCUT2D eigenvalue weighted by Crippen LogP contribution is -2.27. The van der Waals surface area contributed by atoms with E-state index in [1.165, 1.54) is 0 Å². The number of hydrogen-bond acceptors (Lipinski definition) is 4. The lowest BCUT2D eigenvalue weighted by Gasteiger charge is -2.09. The van der Waals surface area contributed by atoms with Crippen molar-refractivity contribution in [2.75, 3.05) is 12.4 Å². The molecule has 2 amide bonds. The maximum absolute atomic E-state index is 12.1. The molecule has 0 aromatic heterocycles. The Bertz CT molecular complexity index is 939. The van der Waals surface area contributed by atoms with Gasteiger partial charge in [0.25, 0.3) is 0 Å². The smallest absolute Gasteiger partial charge is 0.233 e. The molecule has 0 heterocycles. The summed E-state index contributed by atoms with van der Waals surface area (Å²) in [6.07, 6.45) is -0.252. The number of rotatable bonds is 8. The topological polar surface area (TPSA) is 76.7 Å². The standard InChI is InChI=1S/C23H22N2O4/c1-28-19-11-7-17(8-12-19)16-24-22(26)15-23(27)25-18-9-13-21(14-10-18)29-20-5-3-2-4-6-20/h2-14H,15-16H2,1H3,(H,24,26)(H,25,27). The molecule has 0 saturated carbocycles. The van der Waals surface area contributed by atoms with Gasteiger partial charge in [-0.05, 0) is 54.1 Å². The van der Waals surface area contributed by atoms with Gasteiger partial charge in [0.15, 0.2) is 0 Å². The van der Waals surface area contributed by atoms with Crippen molar-refractivity contribution in [1.82, 2.24) is 5.32 Å². The molecule has 3 aromatic carbocycles. The first-order valence-corrected chi connectivity index (χ1v) is 9.15. The summed E-state index contributed by atoms with van der Waals surface area (Å²) in [5.74, 6) is 1.42. The molecule has 3 rings (SSSR count). The van der Waals surface area contributed by atoms with Crippen LogP contribution in [0.25, 0.3) is 0 Å². The molecule has 0 fully saturated rings. The van der Waals surface area contributed by atoms with Crippen LogP contribution in [-0.4, -0.2) is 18.9 Å². The summed E-state index contributed by atoms with van der Waals surface area (Å²) >= 11 is 0. The second kappa shape index (κ2) is 9.94. The SMILES string of the molecule is COc1ccc(CNC(=O)CC(=O)Nc2ccc(Oc3ccccc3)cc2)cc1. The maximum atomic E-state index is 12.1. The normalized spacial score (nSPS) is 10.1. The molecule has 6 heteroatoms. The Hall–Kier alpha value is -3.80. The van der Waals surface area contributed by atoms with Gasteiger partial charge in [0.05, 0.1) is 7.11 Å². The minimum Gasteiger partial charge on any atom is -0.497 e. The Balaban J connectivity index is 1.43. The third-order valence-corrected chi connectivity index (χ3v) is 4.09. The van der Waals surface area contributed by atoms with Crippen LogP contribution < -0.4 is 20.1 Å². The van der Waals surface area contributed by atoms with Crippen LogP contribution in [-0.2, 0) is 16.1 Å². The van der Waals surface area contributed by atoms with Crippen molar-refractivity contribution < 1.29 is 19.1 Å². The number of amides is 2. The largest absolute Gasteiger partial charge is 0.497 e. The van der Waals surface area contributed by atoms with Crippen LogP contribution in [0.4, 0.5) is 5.69 Å². The number of ether oxygens (including phenoxy) is 2. The average molecular weight is 390 g/mol. The summed E-state index contributed by atoms with van der Waals surface area (Å²) in [6.45, 7) is 0.349. The van der Waals surface area contributed by atoms with E-state index in [1.54, 1.807) is 31.4 Å². The highest BCUT2D eigenvalue weighted by Crippen LogP contribution is 2.22. The molecule has 0 radical (unpaired) electrons.